The lowest BCUT2D eigenvalue weighted by Gasteiger charge is -2.26. The Morgan fingerprint density at radius 3 is 2.64 bits per heavy atom. The van der Waals surface area contributed by atoms with Crippen LogP contribution in [0.15, 0.2) is 66.0 Å². The smallest absolute Gasteiger partial charge is 0.317 e. The minimum Gasteiger partial charge on any atom is -0.376 e. The number of aromatic nitrogens is 2. The second kappa shape index (κ2) is 11.7. The number of halogens is 1. The summed E-state index contributed by atoms with van der Waals surface area (Å²) in [5.74, 6) is -1.10. The van der Waals surface area contributed by atoms with E-state index in [2.05, 4.69) is 10.3 Å². The Labute approximate surface area is 211 Å². The summed E-state index contributed by atoms with van der Waals surface area (Å²) >= 11 is 0. The van der Waals surface area contributed by atoms with E-state index in [-0.39, 0.29) is 35.9 Å². The van der Waals surface area contributed by atoms with Gasteiger partial charge < -0.3 is 19.5 Å². The standard InChI is InChI=1S/C26H31FN4O4S/c1-2-28-25(32)30(18-23-12-8-14-35-23)17-22-15-29-26(31(22)16-20-9-4-3-5-10-20)36(33,34)19-21-11-6-7-13-24(21)27/h3-7,9-11,13,15,23H,2,8,12,14,16-19H2,1H3,(H,28,32). The van der Waals surface area contributed by atoms with E-state index in [0.717, 1.165) is 18.4 Å². The minimum absolute atomic E-state index is 0.0673. The first kappa shape index (κ1) is 25.8. The summed E-state index contributed by atoms with van der Waals surface area (Å²) in [6.45, 7) is 3.76. The van der Waals surface area contributed by atoms with Crippen LogP contribution < -0.4 is 5.32 Å². The number of urea groups is 1. The number of imidazole rings is 1. The van der Waals surface area contributed by atoms with Gasteiger partial charge in [-0.1, -0.05) is 48.5 Å². The highest BCUT2D eigenvalue weighted by Crippen LogP contribution is 2.22. The molecule has 3 aromatic rings. The van der Waals surface area contributed by atoms with E-state index >= 15 is 0 Å². The van der Waals surface area contributed by atoms with E-state index in [1.165, 1.54) is 24.4 Å². The van der Waals surface area contributed by atoms with Crippen LogP contribution in [0, 0.1) is 5.82 Å². The van der Waals surface area contributed by atoms with Crippen LogP contribution in [0.1, 0.15) is 36.6 Å². The molecule has 1 aliphatic rings. The van der Waals surface area contributed by atoms with E-state index in [0.29, 0.717) is 25.4 Å². The van der Waals surface area contributed by atoms with Gasteiger partial charge in [0, 0.05) is 25.3 Å². The van der Waals surface area contributed by atoms with Gasteiger partial charge in [-0.3, -0.25) is 0 Å². The molecule has 1 saturated heterocycles. The van der Waals surface area contributed by atoms with Crippen molar-refractivity contribution >= 4 is 15.9 Å². The lowest BCUT2D eigenvalue weighted by atomic mass is 10.2. The number of ether oxygens (including phenoxy) is 1. The second-order valence-corrected chi connectivity index (χ2v) is 10.7. The van der Waals surface area contributed by atoms with Crippen molar-refractivity contribution in [3.8, 4) is 0 Å². The van der Waals surface area contributed by atoms with E-state index in [1.54, 1.807) is 15.5 Å². The molecule has 1 aromatic heterocycles. The summed E-state index contributed by atoms with van der Waals surface area (Å²) in [6, 6.07) is 15.0. The summed E-state index contributed by atoms with van der Waals surface area (Å²) in [6.07, 6.45) is 3.22. The molecular formula is C26H31FN4O4S. The number of nitrogens with zero attached hydrogens (tertiary/aromatic N) is 3. The zero-order valence-electron chi connectivity index (χ0n) is 20.3. The van der Waals surface area contributed by atoms with Crippen molar-refractivity contribution in [1.82, 2.24) is 19.8 Å². The first-order chi connectivity index (χ1) is 17.4. The maximum Gasteiger partial charge on any atom is 0.317 e. The maximum atomic E-state index is 14.3. The van der Waals surface area contributed by atoms with Gasteiger partial charge in [-0.25, -0.2) is 22.6 Å². The third kappa shape index (κ3) is 6.30. The Morgan fingerprint density at radius 2 is 1.94 bits per heavy atom. The maximum absolute atomic E-state index is 14.3. The van der Waals surface area contributed by atoms with Crippen LogP contribution in [0.3, 0.4) is 0 Å². The van der Waals surface area contributed by atoms with Gasteiger partial charge in [-0.05, 0) is 31.4 Å². The van der Waals surface area contributed by atoms with E-state index < -0.39 is 21.4 Å². The fourth-order valence-corrected chi connectivity index (χ4v) is 5.80. The predicted molar refractivity (Wildman–Crippen MR) is 134 cm³/mol. The molecule has 0 spiro atoms. The number of carbonyl (C=O) groups excluding carboxylic acids is 1. The quantitative estimate of drug-likeness (QED) is 0.445. The molecule has 8 nitrogen and oxygen atoms in total. The van der Waals surface area contributed by atoms with Crippen molar-refractivity contribution in [2.75, 3.05) is 19.7 Å². The molecule has 2 aromatic carbocycles. The van der Waals surface area contributed by atoms with Gasteiger partial charge >= 0.3 is 6.03 Å². The predicted octanol–water partition coefficient (Wildman–Crippen LogP) is 3.75. The summed E-state index contributed by atoms with van der Waals surface area (Å²) < 4.78 is 48.4. The number of carbonyl (C=O) groups is 1. The molecule has 0 bridgehead atoms. The van der Waals surface area contributed by atoms with E-state index in [1.807, 2.05) is 37.3 Å². The van der Waals surface area contributed by atoms with Gasteiger partial charge in [-0.2, -0.15) is 0 Å². The van der Waals surface area contributed by atoms with E-state index in [9.17, 15) is 17.6 Å². The Balaban J connectivity index is 1.68. The SMILES string of the molecule is CCNC(=O)N(Cc1cnc(S(=O)(=O)Cc2ccccc2F)n1Cc1ccccc1)CC1CCCO1. The van der Waals surface area contributed by atoms with Crippen LogP contribution in [0.2, 0.25) is 0 Å². The molecule has 1 N–H and O–H groups in total. The Bertz CT molecular complexity index is 1270. The lowest BCUT2D eigenvalue weighted by Crippen LogP contribution is -2.43. The van der Waals surface area contributed by atoms with Gasteiger partial charge in [0.05, 0.1) is 36.8 Å². The average Bonchev–Trinajstić information content (AvgIpc) is 3.51. The normalized spacial score (nSPS) is 15.7. The third-order valence-electron chi connectivity index (χ3n) is 6.08. The lowest BCUT2D eigenvalue weighted by molar-refractivity contribution is 0.0789. The topological polar surface area (TPSA) is 93.5 Å². The first-order valence-corrected chi connectivity index (χ1v) is 13.7. The molecule has 1 atom stereocenters. The van der Waals surface area contributed by atoms with Crippen molar-refractivity contribution in [3.63, 3.8) is 0 Å². The highest BCUT2D eigenvalue weighted by molar-refractivity contribution is 7.90. The van der Waals surface area contributed by atoms with Crippen molar-refractivity contribution in [2.45, 2.75) is 49.9 Å². The largest absolute Gasteiger partial charge is 0.376 e. The van der Waals surface area contributed by atoms with Gasteiger partial charge in [0.15, 0.2) is 0 Å². The Hall–Kier alpha value is -3.24. The molecule has 0 radical (unpaired) electrons. The zero-order chi connectivity index (χ0) is 25.5. The molecule has 36 heavy (non-hydrogen) atoms. The summed E-state index contributed by atoms with van der Waals surface area (Å²) in [7, 11) is -3.99. The van der Waals surface area contributed by atoms with Gasteiger partial charge in [0.1, 0.15) is 5.82 Å². The number of hydrogen-bond acceptors (Lipinski definition) is 5. The molecular weight excluding hydrogens is 483 g/mol. The summed E-state index contributed by atoms with van der Waals surface area (Å²) in [4.78, 5) is 18.8. The minimum atomic E-state index is -3.99. The van der Waals surface area contributed by atoms with Crippen molar-refractivity contribution < 1.29 is 22.3 Å². The van der Waals surface area contributed by atoms with Gasteiger partial charge in [0.2, 0.25) is 15.0 Å². The van der Waals surface area contributed by atoms with Crippen LogP contribution in [-0.2, 0) is 33.4 Å². The number of benzene rings is 2. The number of sulfone groups is 1. The highest BCUT2D eigenvalue weighted by atomic mass is 32.2. The summed E-state index contributed by atoms with van der Waals surface area (Å²) in [5.41, 5.74) is 1.52. The average molecular weight is 515 g/mol. The molecule has 1 aliphatic heterocycles. The number of rotatable bonds is 10. The Kier molecular flexibility index (Phi) is 8.37. The van der Waals surface area contributed by atoms with Gasteiger partial charge in [-0.15, -0.1) is 0 Å². The number of amides is 2. The molecule has 0 saturated carbocycles. The first-order valence-electron chi connectivity index (χ1n) is 12.1. The van der Waals surface area contributed by atoms with Crippen LogP contribution in [-0.4, -0.2) is 54.7 Å². The van der Waals surface area contributed by atoms with Crippen LogP contribution in [0.5, 0.6) is 0 Å². The molecule has 2 amide bonds. The molecule has 0 aliphatic carbocycles. The highest BCUT2D eigenvalue weighted by Gasteiger charge is 2.28. The fourth-order valence-electron chi connectivity index (χ4n) is 4.30. The van der Waals surface area contributed by atoms with Crippen LogP contribution in [0.4, 0.5) is 9.18 Å². The molecule has 1 fully saturated rings. The number of nitrogens with one attached hydrogen (secondary N) is 1. The molecule has 192 valence electrons. The molecule has 4 rings (SSSR count). The van der Waals surface area contributed by atoms with Gasteiger partial charge in [0.25, 0.3) is 0 Å². The van der Waals surface area contributed by atoms with Crippen molar-refractivity contribution in [3.05, 3.63) is 83.4 Å². The molecule has 1 unspecified atom stereocenters. The van der Waals surface area contributed by atoms with Crippen molar-refractivity contribution in [2.24, 2.45) is 0 Å². The molecule has 2 heterocycles. The monoisotopic (exact) mass is 514 g/mol. The third-order valence-corrected chi connectivity index (χ3v) is 7.66. The Morgan fingerprint density at radius 1 is 1.19 bits per heavy atom. The summed E-state index contributed by atoms with van der Waals surface area (Å²) in [5, 5.41) is 2.67. The second-order valence-electron chi connectivity index (χ2n) is 8.81. The molecule has 10 heteroatoms. The van der Waals surface area contributed by atoms with Crippen LogP contribution >= 0.6 is 0 Å². The number of hydrogen-bond donors (Lipinski definition) is 1. The van der Waals surface area contributed by atoms with Crippen molar-refractivity contribution in [1.29, 1.82) is 0 Å². The van der Waals surface area contributed by atoms with E-state index in [4.69, 9.17) is 4.74 Å². The zero-order valence-corrected chi connectivity index (χ0v) is 21.1. The fraction of sp³-hybridized carbons (Fsp3) is 0.385. The van der Waals surface area contributed by atoms with Crippen LogP contribution in [0.25, 0.3) is 0 Å².